The smallest absolute Gasteiger partial charge is 0.0791 e. The molecule has 116 valence electrons. The van der Waals surface area contributed by atoms with Gasteiger partial charge in [-0.25, -0.2) is 0 Å². The highest BCUT2D eigenvalue weighted by molar-refractivity contribution is 5.58. The molecule has 1 atom stereocenters. The summed E-state index contributed by atoms with van der Waals surface area (Å²) in [5, 5.41) is 13.5. The van der Waals surface area contributed by atoms with Gasteiger partial charge in [-0.1, -0.05) is 12.1 Å². The number of fused-ring (bicyclic) bond motifs is 1. The second kappa shape index (κ2) is 6.77. The Morgan fingerprint density at radius 3 is 2.86 bits per heavy atom. The van der Waals surface area contributed by atoms with Gasteiger partial charge in [0, 0.05) is 38.9 Å². The molecule has 1 aromatic carbocycles. The van der Waals surface area contributed by atoms with Gasteiger partial charge in [0.25, 0.3) is 0 Å². The normalized spacial score (nSPS) is 20.0. The molecule has 2 aliphatic rings. The van der Waals surface area contributed by atoms with Gasteiger partial charge >= 0.3 is 0 Å². The molecule has 21 heavy (non-hydrogen) atoms. The van der Waals surface area contributed by atoms with Gasteiger partial charge in [-0.2, -0.15) is 0 Å². The third-order valence-electron chi connectivity index (χ3n) is 4.65. The molecule has 4 nitrogen and oxygen atoms in total. The fraction of sp³-hybridized carbons (Fsp3) is 0.647. The molecule has 2 heterocycles. The zero-order chi connectivity index (χ0) is 14.7. The van der Waals surface area contributed by atoms with E-state index in [1.807, 2.05) is 0 Å². The number of aliphatic hydroxyl groups is 1. The zero-order valence-electron chi connectivity index (χ0n) is 13.0. The Morgan fingerprint density at radius 2 is 2.05 bits per heavy atom. The molecule has 3 rings (SSSR count). The van der Waals surface area contributed by atoms with Crippen LogP contribution in [0.25, 0.3) is 0 Å². The summed E-state index contributed by atoms with van der Waals surface area (Å²) in [6, 6.07) is 6.72. The third kappa shape index (κ3) is 3.76. The summed E-state index contributed by atoms with van der Waals surface area (Å²) in [6.07, 6.45) is 3.45. The van der Waals surface area contributed by atoms with Gasteiger partial charge in [0.05, 0.1) is 6.10 Å². The highest BCUT2D eigenvalue weighted by Crippen LogP contribution is 2.27. The molecule has 0 saturated carbocycles. The number of benzene rings is 1. The number of likely N-dealkylation sites (N-methyl/N-ethyl adjacent to an activating group) is 1. The van der Waals surface area contributed by atoms with Gasteiger partial charge < -0.3 is 20.2 Å². The van der Waals surface area contributed by atoms with Crippen LogP contribution in [0.3, 0.4) is 0 Å². The number of rotatable bonds is 6. The summed E-state index contributed by atoms with van der Waals surface area (Å²) in [5.41, 5.74) is 4.14. The predicted octanol–water partition coefficient (Wildman–Crippen LogP) is 1.23. The van der Waals surface area contributed by atoms with Crippen molar-refractivity contribution in [2.45, 2.75) is 31.9 Å². The molecular formula is C17H27N3O. The first-order valence-electron chi connectivity index (χ1n) is 8.16. The van der Waals surface area contributed by atoms with Crippen molar-refractivity contribution in [3.63, 3.8) is 0 Å². The molecular weight excluding hydrogens is 262 g/mol. The highest BCUT2D eigenvalue weighted by Gasteiger charge is 2.16. The number of nitrogens with one attached hydrogen (secondary N) is 1. The van der Waals surface area contributed by atoms with E-state index in [1.165, 1.54) is 29.7 Å². The van der Waals surface area contributed by atoms with Crippen LogP contribution in [-0.4, -0.2) is 55.9 Å². The molecule has 1 unspecified atom stereocenters. The van der Waals surface area contributed by atoms with Crippen LogP contribution >= 0.6 is 0 Å². The average molecular weight is 289 g/mol. The molecule has 0 radical (unpaired) electrons. The monoisotopic (exact) mass is 289 g/mol. The summed E-state index contributed by atoms with van der Waals surface area (Å²) in [6.45, 7) is 5.75. The first kappa shape index (κ1) is 14.8. The predicted molar refractivity (Wildman–Crippen MR) is 86.8 cm³/mol. The quantitative estimate of drug-likeness (QED) is 0.826. The number of nitrogens with zero attached hydrogens (tertiary/aromatic N) is 2. The minimum absolute atomic E-state index is 0.260. The summed E-state index contributed by atoms with van der Waals surface area (Å²) in [7, 11) is 2.15. The molecule has 4 heteroatoms. The second-order valence-electron chi connectivity index (χ2n) is 6.43. The second-order valence-corrected chi connectivity index (χ2v) is 6.43. The lowest BCUT2D eigenvalue weighted by Gasteiger charge is -2.19. The number of aliphatic hydroxyl groups excluding tert-OH is 1. The van der Waals surface area contributed by atoms with E-state index in [2.05, 4.69) is 40.4 Å². The Labute approximate surface area is 127 Å². The number of β-amino-alcohol motifs (C(OH)–C–C–N with tert-alkyl or cyclic N) is 1. The van der Waals surface area contributed by atoms with Crippen LogP contribution in [0.4, 0.5) is 5.69 Å². The van der Waals surface area contributed by atoms with Crippen molar-refractivity contribution in [1.82, 2.24) is 10.2 Å². The summed E-state index contributed by atoms with van der Waals surface area (Å²) in [4.78, 5) is 4.67. The summed E-state index contributed by atoms with van der Waals surface area (Å²) >= 11 is 0. The van der Waals surface area contributed by atoms with Crippen LogP contribution in [0, 0.1) is 0 Å². The van der Waals surface area contributed by atoms with Gasteiger partial charge in [-0.05, 0) is 49.5 Å². The molecule has 0 aromatic heterocycles. The third-order valence-corrected chi connectivity index (χ3v) is 4.65. The van der Waals surface area contributed by atoms with E-state index in [-0.39, 0.29) is 6.10 Å². The molecule has 2 aliphatic heterocycles. The van der Waals surface area contributed by atoms with E-state index in [4.69, 9.17) is 0 Å². The molecule has 0 aliphatic carbocycles. The maximum absolute atomic E-state index is 10.1. The van der Waals surface area contributed by atoms with E-state index in [0.29, 0.717) is 6.54 Å². The van der Waals surface area contributed by atoms with Gasteiger partial charge in [-0.15, -0.1) is 0 Å². The number of anilines is 1. The van der Waals surface area contributed by atoms with Gasteiger partial charge in [0.15, 0.2) is 0 Å². The van der Waals surface area contributed by atoms with Crippen molar-refractivity contribution < 1.29 is 5.11 Å². The largest absolute Gasteiger partial charge is 0.390 e. The van der Waals surface area contributed by atoms with E-state index in [1.54, 1.807) is 0 Å². The zero-order valence-corrected chi connectivity index (χ0v) is 13.0. The van der Waals surface area contributed by atoms with Crippen LogP contribution in [0.2, 0.25) is 0 Å². The van der Waals surface area contributed by atoms with Crippen LogP contribution in [0.5, 0.6) is 0 Å². The van der Waals surface area contributed by atoms with Gasteiger partial charge in [-0.3, -0.25) is 0 Å². The number of hydrogen-bond acceptors (Lipinski definition) is 4. The fourth-order valence-electron chi connectivity index (χ4n) is 3.44. The Bertz CT molecular complexity index is 471. The minimum Gasteiger partial charge on any atom is -0.390 e. The van der Waals surface area contributed by atoms with Crippen molar-refractivity contribution in [2.75, 3.05) is 44.7 Å². The Hall–Kier alpha value is -1.10. The van der Waals surface area contributed by atoms with Gasteiger partial charge in [0.2, 0.25) is 0 Å². The maximum atomic E-state index is 10.1. The van der Waals surface area contributed by atoms with Crippen LogP contribution in [0.1, 0.15) is 24.0 Å². The van der Waals surface area contributed by atoms with E-state index in [0.717, 1.165) is 39.1 Å². The average Bonchev–Trinajstić information content (AvgIpc) is 3.09. The first-order chi connectivity index (χ1) is 10.2. The molecule has 1 aromatic rings. The van der Waals surface area contributed by atoms with Crippen LogP contribution in [0.15, 0.2) is 18.2 Å². The number of hydrogen-bond donors (Lipinski definition) is 2. The molecule has 1 saturated heterocycles. The van der Waals surface area contributed by atoms with Gasteiger partial charge in [0.1, 0.15) is 0 Å². The number of likely N-dealkylation sites (tertiary alicyclic amines) is 1. The highest BCUT2D eigenvalue weighted by atomic mass is 16.3. The maximum Gasteiger partial charge on any atom is 0.0791 e. The van der Waals surface area contributed by atoms with Crippen LogP contribution < -0.4 is 10.2 Å². The summed E-state index contributed by atoms with van der Waals surface area (Å²) in [5.74, 6) is 0. The van der Waals surface area contributed by atoms with Crippen molar-refractivity contribution >= 4 is 5.69 Å². The lowest BCUT2D eigenvalue weighted by Crippen LogP contribution is -2.36. The standard InChI is InChI=1S/C17H27N3O/c1-19-9-6-15-10-14(4-5-17(15)19)11-18-12-16(21)13-20-7-2-3-8-20/h4-5,10,16,18,21H,2-3,6-9,11-13H2,1H3. The lowest BCUT2D eigenvalue weighted by molar-refractivity contribution is 0.123. The van der Waals surface area contributed by atoms with Crippen molar-refractivity contribution in [3.8, 4) is 0 Å². The SMILES string of the molecule is CN1CCc2cc(CNCC(O)CN3CCCC3)ccc21. The molecule has 0 bridgehead atoms. The molecule has 1 fully saturated rings. The van der Waals surface area contributed by atoms with Crippen molar-refractivity contribution in [2.24, 2.45) is 0 Å². The lowest BCUT2D eigenvalue weighted by atomic mass is 10.1. The van der Waals surface area contributed by atoms with Crippen molar-refractivity contribution in [3.05, 3.63) is 29.3 Å². The van der Waals surface area contributed by atoms with E-state index in [9.17, 15) is 5.11 Å². The molecule has 0 amide bonds. The Morgan fingerprint density at radius 1 is 1.24 bits per heavy atom. The van der Waals surface area contributed by atoms with Crippen LogP contribution in [-0.2, 0) is 13.0 Å². The van der Waals surface area contributed by atoms with Crippen molar-refractivity contribution in [1.29, 1.82) is 0 Å². The molecule has 0 spiro atoms. The Balaban J connectivity index is 1.43. The Kier molecular flexibility index (Phi) is 4.78. The first-order valence-corrected chi connectivity index (χ1v) is 8.16. The minimum atomic E-state index is -0.260. The topological polar surface area (TPSA) is 38.7 Å². The van der Waals surface area contributed by atoms with E-state index >= 15 is 0 Å². The summed E-state index contributed by atoms with van der Waals surface area (Å²) < 4.78 is 0. The fourth-order valence-corrected chi connectivity index (χ4v) is 3.44. The molecule has 2 N–H and O–H groups in total. The van der Waals surface area contributed by atoms with E-state index < -0.39 is 0 Å².